The van der Waals surface area contributed by atoms with Crippen LogP contribution in [0.25, 0.3) is 11.4 Å². The highest BCUT2D eigenvalue weighted by molar-refractivity contribution is 7.99. The van der Waals surface area contributed by atoms with Crippen LogP contribution >= 0.6 is 11.8 Å². The number of amides is 1. The first-order valence-corrected chi connectivity index (χ1v) is 11.0. The molecule has 1 heterocycles. The minimum absolute atomic E-state index is 0.0769. The van der Waals surface area contributed by atoms with Gasteiger partial charge in [-0.15, -0.1) is 10.2 Å². The molecule has 7 heteroatoms. The van der Waals surface area contributed by atoms with Crippen LogP contribution in [0.4, 0.5) is 0 Å². The molecule has 1 amide bonds. The lowest BCUT2D eigenvalue weighted by Crippen LogP contribution is -2.41. The van der Waals surface area contributed by atoms with Crippen molar-refractivity contribution in [2.45, 2.75) is 63.7 Å². The van der Waals surface area contributed by atoms with Crippen molar-refractivity contribution in [1.82, 2.24) is 20.1 Å². The molecule has 28 heavy (non-hydrogen) atoms. The van der Waals surface area contributed by atoms with Crippen LogP contribution in [0.5, 0.6) is 5.75 Å². The van der Waals surface area contributed by atoms with E-state index in [2.05, 4.69) is 40.9 Å². The van der Waals surface area contributed by atoms with Gasteiger partial charge in [-0.2, -0.15) is 0 Å². The fourth-order valence-electron chi connectivity index (χ4n) is 3.69. The van der Waals surface area contributed by atoms with Crippen LogP contribution in [0.15, 0.2) is 29.4 Å². The Morgan fingerprint density at radius 1 is 1.25 bits per heavy atom. The molecule has 1 aromatic heterocycles. The second-order valence-corrected chi connectivity index (χ2v) is 8.67. The predicted molar refractivity (Wildman–Crippen MR) is 113 cm³/mol. The fraction of sp³-hybridized carbons (Fsp3) is 0.571. The molecule has 2 atom stereocenters. The lowest BCUT2D eigenvalue weighted by atomic mass is 9.86. The predicted octanol–water partition coefficient (Wildman–Crippen LogP) is 4.32. The average molecular weight is 403 g/mol. The van der Waals surface area contributed by atoms with Gasteiger partial charge in [0, 0.05) is 17.6 Å². The molecule has 0 bridgehead atoms. The molecule has 0 aliphatic heterocycles. The molecule has 0 saturated heterocycles. The zero-order chi connectivity index (χ0) is 20.1. The van der Waals surface area contributed by atoms with E-state index in [1.165, 1.54) is 31.0 Å². The summed E-state index contributed by atoms with van der Waals surface area (Å²) in [4.78, 5) is 12.5. The molecule has 2 aromatic rings. The molecule has 152 valence electrons. The van der Waals surface area contributed by atoms with Crippen LogP contribution in [0.3, 0.4) is 0 Å². The molecule has 1 fully saturated rings. The van der Waals surface area contributed by atoms with E-state index in [0.717, 1.165) is 28.7 Å². The third-order valence-corrected chi connectivity index (χ3v) is 6.26. The summed E-state index contributed by atoms with van der Waals surface area (Å²) < 4.78 is 7.32. The van der Waals surface area contributed by atoms with Crippen molar-refractivity contribution in [2.75, 3.05) is 12.9 Å². The van der Waals surface area contributed by atoms with E-state index >= 15 is 0 Å². The zero-order valence-electron chi connectivity index (χ0n) is 17.1. The number of nitrogens with zero attached hydrogens (tertiary/aromatic N) is 3. The maximum atomic E-state index is 12.5. The zero-order valence-corrected chi connectivity index (χ0v) is 18.0. The largest absolute Gasteiger partial charge is 0.497 e. The first-order chi connectivity index (χ1) is 13.5. The number of hydrogen-bond donors (Lipinski definition) is 1. The summed E-state index contributed by atoms with van der Waals surface area (Å²) >= 11 is 1.45. The van der Waals surface area contributed by atoms with E-state index in [0.29, 0.717) is 17.7 Å². The first-order valence-electron chi connectivity index (χ1n) is 10.0. The van der Waals surface area contributed by atoms with Gasteiger partial charge < -0.3 is 10.1 Å². The Morgan fingerprint density at radius 3 is 2.61 bits per heavy atom. The van der Waals surface area contributed by atoms with Gasteiger partial charge in [-0.1, -0.05) is 31.5 Å². The smallest absolute Gasteiger partial charge is 0.230 e. The lowest BCUT2D eigenvalue weighted by Gasteiger charge is -2.29. The van der Waals surface area contributed by atoms with E-state index in [1.54, 1.807) is 7.11 Å². The van der Waals surface area contributed by atoms with Gasteiger partial charge >= 0.3 is 0 Å². The SMILES string of the molecule is COc1ccc(-c2nnc(SCC(=O)N[C@H]3CCCC[C@H]3C)n2C(C)C)cc1. The van der Waals surface area contributed by atoms with Crippen molar-refractivity contribution >= 4 is 17.7 Å². The van der Waals surface area contributed by atoms with E-state index in [9.17, 15) is 4.79 Å². The Balaban J connectivity index is 1.68. The molecule has 6 nitrogen and oxygen atoms in total. The minimum Gasteiger partial charge on any atom is -0.497 e. The molecule has 1 aliphatic carbocycles. The van der Waals surface area contributed by atoms with Gasteiger partial charge in [0.25, 0.3) is 0 Å². The van der Waals surface area contributed by atoms with Crippen LogP contribution < -0.4 is 10.1 Å². The van der Waals surface area contributed by atoms with Gasteiger partial charge in [-0.05, 0) is 56.9 Å². The summed E-state index contributed by atoms with van der Waals surface area (Å²) in [5.74, 6) is 2.61. The number of aromatic nitrogens is 3. The standard InChI is InChI=1S/C21H30N4O2S/c1-14(2)25-20(16-9-11-17(27-4)12-10-16)23-24-21(25)28-13-19(26)22-18-8-6-5-7-15(18)3/h9-12,14-15,18H,5-8,13H2,1-4H3,(H,22,26)/t15-,18+/m1/s1. The van der Waals surface area contributed by atoms with Crippen molar-refractivity contribution in [3.8, 4) is 17.1 Å². The molecule has 1 aromatic carbocycles. The highest BCUT2D eigenvalue weighted by atomic mass is 32.2. The number of thioether (sulfide) groups is 1. The number of carbonyl (C=O) groups is 1. The summed E-state index contributed by atoms with van der Waals surface area (Å²) in [6, 6.07) is 8.29. The Bertz CT molecular complexity index is 788. The van der Waals surface area contributed by atoms with Crippen LogP contribution in [0.2, 0.25) is 0 Å². The summed E-state index contributed by atoms with van der Waals surface area (Å²) in [6.45, 7) is 6.43. The normalized spacial score (nSPS) is 19.6. The van der Waals surface area contributed by atoms with Crippen molar-refractivity contribution in [1.29, 1.82) is 0 Å². The number of rotatable bonds is 7. The number of hydrogen-bond acceptors (Lipinski definition) is 5. The van der Waals surface area contributed by atoms with Gasteiger partial charge in [-0.25, -0.2) is 0 Å². The van der Waals surface area contributed by atoms with Gasteiger partial charge in [0.05, 0.1) is 12.9 Å². The van der Waals surface area contributed by atoms with Crippen molar-refractivity contribution in [3.05, 3.63) is 24.3 Å². The Kier molecular flexibility index (Phi) is 6.99. The molecule has 3 rings (SSSR count). The molecule has 1 N–H and O–H groups in total. The van der Waals surface area contributed by atoms with E-state index in [4.69, 9.17) is 4.74 Å². The van der Waals surface area contributed by atoms with E-state index in [-0.39, 0.29) is 11.9 Å². The molecular weight excluding hydrogens is 372 g/mol. The second kappa shape index (κ2) is 9.45. The third-order valence-electron chi connectivity index (χ3n) is 5.32. The lowest BCUT2D eigenvalue weighted by molar-refractivity contribution is -0.119. The maximum Gasteiger partial charge on any atom is 0.230 e. The van der Waals surface area contributed by atoms with Gasteiger partial charge in [0.2, 0.25) is 5.91 Å². The van der Waals surface area contributed by atoms with Gasteiger partial charge in [-0.3, -0.25) is 9.36 Å². The van der Waals surface area contributed by atoms with Crippen LogP contribution in [0, 0.1) is 5.92 Å². The summed E-state index contributed by atoms with van der Waals surface area (Å²) in [6.07, 6.45) is 4.76. The number of carbonyl (C=O) groups excluding carboxylic acids is 1. The van der Waals surface area contributed by atoms with Gasteiger partial charge in [0.1, 0.15) is 5.75 Å². The number of ether oxygens (including phenoxy) is 1. The quantitative estimate of drug-likeness (QED) is 0.699. The number of benzene rings is 1. The Hall–Kier alpha value is -2.02. The first kappa shape index (κ1) is 20.7. The van der Waals surface area contributed by atoms with E-state index in [1.807, 2.05) is 24.3 Å². The van der Waals surface area contributed by atoms with E-state index < -0.39 is 0 Å². The van der Waals surface area contributed by atoms with Crippen molar-refractivity contribution in [2.24, 2.45) is 5.92 Å². The molecule has 0 spiro atoms. The average Bonchev–Trinajstić information content (AvgIpc) is 3.12. The molecular formula is C21H30N4O2S. The highest BCUT2D eigenvalue weighted by Crippen LogP contribution is 2.29. The summed E-state index contributed by atoms with van der Waals surface area (Å²) in [7, 11) is 1.65. The Labute approximate surface area is 171 Å². The fourth-order valence-corrected chi connectivity index (χ4v) is 4.57. The summed E-state index contributed by atoms with van der Waals surface area (Å²) in [5.41, 5.74) is 0.981. The van der Waals surface area contributed by atoms with Crippen LogP contribution in [0.1, 0.15) is 52.5 Å². The van der Waals surface area contributed by atoms with Crippen molar-refractivity contribution in [3.63, 3.8) is 0 Å². The number of nitrogens with one attached hydrogen (secondary N) is 1. The molecule has 1 saturated carbocycles. The molecule has 0 radical (unpaired) electrons. The van der Waals surface area contributed by atoms with Gasteiger partial charge in [0.15, 0.2) is 11.0 Å². The minimum atomic E-state index is 0.0769. The van der Waals surface area contributed by atoms with Crippen LogP contribution in [-0.4, -0.2) is 39.6 Å². The van der Waals surface area contributed by atoms with Crippen molar-refractivity contribution < 1.29 is 9.53 Å². The maximum absolute atomic E-state index is 12.5. The summed E-state index contributed by atoms with van der Waals surface area (Å²) in [5, 5.41) is 12.7. The topological polar surface area (TPSA) is 69.0 Å². The molecule has 0 unspecified atom stereocenters. The highest BCUT2D eigenvalue weighted by Gasteiger charge is 2.23. The monoisotopic (exact) mass is 402 g/mol. The second-order valence-electron chi connectivity index (χ2n) is 7.72. The number of methoxy groups -OCH3 is 1. The molecule has 1 aliphatic rings. The third kappa shape index (κ3) is 4.87. The Morgan fingerprint density at radius 2 is 1.96 bits per heavy atom. The van der Waals surface area contributed by atoms with Crippen LogP contribution in [-0.2, 0) is 4.79 Å².